The van der Waals surface area contributed by atoms with Crippen LogP contribution in [-0.4, -0.2) is 60.3 Å². The van der Waals surface area contributed by atoms with Crippen molar-refractivity contribution in [3.05, 3.63) is 0 Å². The Balaban J connectivity index is 2.57. The maximum absolute atomic E-state index is 10.7. The van der Waals surface area contributed by atoms with E-state index in [1.165, 1.54) is 19.4 Å². The Labute approximate surface area is 142 Å². The van der Waals surface area contributed by atoms with Gasteiger partial charge in [0, 0.05) is 19.1 Å². The second-order valence-corrected chi connectivity index (χ2v) is 6.73. The number of hydrogen-bond donors (Lipinski definition) is 3. The molecule has 1 rings (SSSR count). The summed E-state index contributed by atoms with van der Waals surface area (Å²) in [6, 6.07) is 0.606. The van der Waals surface area contributed by atoms with E-state index in [1.54, 1.807) is 0 Å². The normalized spacial score (nSPS) is 20.0. The largest absolute Gasteiger partial charge is 0.388 e. The summed E-state index contributed by atoms with van der Waals surface area (Å²) >= 11 is 0. The molecule has 1 aliphatic rings. The van der Waals surface area contributed by atoms with Gasteiger partial charge in [-0.1, -0.05) is 33.6 Å². The maximum Gasteiger partial charge on any atom is 0.191 e. The fraction of sp³-hybridized carbons (Fsp3) is 0.944. The van der Waals surface area contributed by atoms with Gasteiger partial charge in [-0.25, -0.2) is 0 Å². The summed E-state index contributed by atoms with van der Waals surface area (Å²) in [5.74, 6) is 0.834. The molecular formula is C18H38N4O. The maximum atomic E-state index is 10.7. The predicted molar refractivity (Wildman–Crippen MR) is 99.0 cm³/mol. The minimum absolute atomic E-state index is 0.478. The molecule has 3 N–H and O–H groups in total. The van der Waals surface area contributed by atoms with E-state index in [-0.39, 0.29) is 0 Å². The Bertz CT molecular complexity index is 340. The summed E-state index contributed by atoms with van der Waals surface area (Å²) in [6.45, 7) is 13.1. The lowest BCUT2D eigenvalue weighted by Crippen LogP contribution is -2.45. The van der Waals surface area contributed by atoms with Gasteiger partial charge >= 0.3 is 0 Å². The highest BCUT2D eigenvalue weighted by molar-refractivity contribution is 5.79. The summed E-state index contributed by atoms with van der Waals surface area (Å²) in [4.78, 5) is 7.19. The molecule has 0 aromatic rings. The van der Waals surface area contributed by atoms with Crippen molar-refractivity contribution in [2.75, 3.05) is 32.7 Å². The molecule has 1 saturated heterocycles. The van der Waals surface area contributed by atoms with Crippen LogP contribution < -0.4 is 10.6 Å². The van der Waals surface area contributed by atoms with Gasteiger partial charge in [-0.3, -0.25) is 9.89 Å². The van der Waals surface area contributed by atoms with Crippen LogP contribution in [-0.2, 0) is 0 Å². The highest BCUT2D eigenvalue weighted by Crippen LogP contribution is 2.20. The van der Waals surface area contributed by atoms with Gasteiger partial charge < -0.3 is 15.7 Å². The molecule has 0 aromatic heterocycles. The predicted octanol–water partition coefficient (Wildman–Crippen LogP) is 2.36. The lowest BCUT2D eigenvalue weighted by molar-refractivity contribution is 0.0306. The smallest absolute Gasteiger partial charge is 0.191 e. The van der Waals surface area contributed by atoms with Crippen molar-refractivity contribution < 1.29 is 5.11 Å². The third-order valence-corrected chi connectivity index (χ3v) is 4.72. The van der Waals surface area contributed by atoms with Gasteiger partial charge in [-0.15, -0.1) is 0 Å². The number of rotatable bonds is 10. The third kappa shape index (κ3) is 7.08. The number of likely N-dealkylation sites (tertiary alicyclic amines) is 1. The first-order valence-electron chi connectivity index (χ1n) is 9.57. The van der Waals surface area contributed by atoms with Gasteiger partial charge in [0.15, 0.2) is 5.96 Å². The fourth-order valence-electron chi connectivity index (χ4n) is 3.54. The van der Waals surface area contributed by atoms with E-state index in [0.717, 1.165) is 51.3 Å². The zero-order valence-electron chi connectivity index (χ0n) is 15.7. The van der Waals surface area contributed by atoms with E-state index >= 15 is 0 Å². The van der Waals surface area contributed by atoms with Crippen LogP contribution in [0.5, 0.6) is 0 Å². The van der Waals surface area contributed by atoms with E-state index in [2.05, 4.69) is 48.2 Å². The minimum atomic E-state index is -0.658. The molecule has 0 bridgehead atoms. The number of likely N-dealkylation sites (N-methyl/N-ethyl adjacent to an activating group) is 1. The molecule has 136 valence electrons. The minimum Gasteiger partial charge on any atom is -0.388 e. The van der Waals surface area contributed by atoms with Crippen molar-refractivity contribution in [2.24, 2.45) is 4.99 Å². The Morgan fingerprint density at radius 2 is 1.87 bits per heavy atom. The quantitative estimate of drug-likeness (QED) is 0.426. The number of nitrogens with zero attached hydrogens (tertiary/aromatic N) is 2. The molecule has 1 fully saturated rings. The van der Waals surface area contributed by atoms with Crippen LogP contribution in [0.1, 0.15) is 66.2 Å². The Hall–Kier alpha value is -0.810. The van der Waals surface area contributed by atoms with Crippen molar-refractivity contribution in [2.45, 2.75) is 77.9 Å². The molecule has 0 aliphatic carbocycles. The number of hydrogen-bond acceptors (Lipinski definition) is 3. The van der Waals surface area contributed by atoms with Crippen LogP contribution in [0, 0.1) is 0 Å². The number of aliphatic hydroxyl groups is 1. The average Bonchev–Trinajstić information content (AvgIpc) is 2.98. The molecule has 23 heavy (non-hydrogen) atoms. The molecule has 5 nitrogen and oxygen atoms in total. The van der Waals surface area contributed by atoms with Gasteiger partial charge in [0.2, 0.25) is 0 Å². The molecule has 0 saturated carbocycles. The number of nitrogens with one attached hydrogen (secondary N) is 2. The molecule has 1 atom stereocenters. The van der Waals surface area contributed by atoms with Gasteiger partial charge in [0.25, 0.3) is 0 Å². The van der Waals surface area contributed by atoms with Crippen molar-refractivity contribution in [3.63, 3.8) is 0 Å². The first kappa shape index (κ1) is 20.2. The topological polar surface area (TPSA) is 59.9 Å². The van der Waals surface area contributed by atoms with Crippen LogP contribution >= 0.6 is 0 Å². The van der Waals surface area contributed by atoms with Crippen LogP contribution in [0.25, 0.3) is 0 Å². The van der Waals surface area contributed by atoms with Crippen LogP contribution in [0.15, 0.2) is 4.99 Å². The zero-order chi connectivity index (χ0) is 17.1. The molecule has 1 unspecified atom stereocenters. The zero-order valence-corrected chi connectivity index (χ0v) is 15.7. The molecule has 1 heterocycles. The van der Waals surface area contributed by atoms with E-state index in [4.69, 9.17) is 0 Å². The van der Waals surface area contributed by atoms with E-state index in [9.17, 15) is 5.11 Å². The molecule has 0 radical (unpaired) electrons. The second-order valence-electron chi connectivity index (χ2n) is 6.73. The first-order chi connectivity index (χ1) is 11.1. The van der Waals surface area contributed by atoms with Crippen molar-refractivity contribution in [1.29, 1.82) is 0 Å². The van der Waals surface area contributed by atoms with Crippen LogP contribution in [0.4, 0.5) is 0 Å². The van der Waals surface area contributed by atoms with Crippen LogP contribution in [0.2, 0.25) is 0 Å². The third-order valence-electron chi connectivity index (χ3n) is 4.72. The first-order valence-corrected chi connectivity index (χ1v) is 9.57. The second kappa shape index (κ2) is 10.9. The average molecular weight is 327 g/mol. The molecule has 0 amide bonds. The molecular weight excluding hydrogens is 288 g/mol. The van der Waals surface area contributed by atoms with Crippen molar-refractivity contribution >= 4 is 5.96 Å². The summed E-state index contributed by atoms with van der Waals surface area (Å²) in [5, 5.41) is 17.5. The molecule has 0 aromatic carbocycles. The fourth-order valence-corrected chi connectivity index (χ4v) is 3.54. The lowest BCUT2D eigenvalue weighted by Gasteiger charge is -2.27. The van der Waals surface area contributed by atoms with E-state index in [1.807, 2.05) is 0 Å². The number of guanidine groups is 1. The van der Waals surface area contributed by atoms with Crippen molar-refractivity contribution in [1.82, 2.24) is 15.5 Å². The Morgan fingerprint density at radius 1 is 1.17 bits per heavy atom. The van der Waals surface area contributed by atoms with Gasteiger partial charge in [-0.2, -0.15) is 0 Å². The monoisotopic (exact) mass is 326 g/mol. The summed E-state index contributed by atoms with van der Waals surface area (Å²) < 4.78 is 0. The summed E-state index contributed by atoms with van der Waals surface area (Å²) in [5.41, 5.74) is -0.658. The molecule has 5 heteroatoms. The van der Waals surface area contributed by atoms with E-state index in [0.29, 0.717) is 12.6 Å². The molecule has 0 spiro atoms. The van der Waals surface area contributed by atoms with E-state index < -0.39 is 5.60 Å². The lowest BCUT2D eigenvalue weighted by atomic mass is 9.93. The highest BCUT2D eigenvalue weighted by atomic mass is 16.3. The Morgan fingerprint density at radius 3 is 2.43 bits per heavy atom. The summed E-state index contributed by atoms with van der Waals surface area (Å²) in [6.07, 6.45) is 6.16. The summed E-state index contributed by atoms with van der Waals surface area (Å²) in [7, 11) is 0. The Kier molecular flexibility index (Phi) is 9.56. The van der Waals surface area contributed by atoms with Gasteiger partial charge in [-0.05, 0) is 45.7 Å². The SMILES string of the molecule is CCCC(O)(CCC)CN=C(NCC)NCC1CCCN1CC. The number of aliphatic imine (C=N–C) groups is 1. The highest BCUT2D eigenvalue weighted by Gasteiger charge is 2.25. The van der Waals surface area contributed by atoms with Gasteiger partial charge in [0.05, 0.1) is 12.1 Å². The standard InChI is InChI=1S/C18H38N4O/c1-5-11-18(23,12-6-2)15-21-17(19-7-3)20-14-16-10-9-13-22(16)8-4/h16,23H,5-15H2,1-4H3,(H2,19,20,21). The van der Waals surface area contributed by atoms with Crippen LogP contribution in [0.3, 0.4) is 0 Å². The van der Waals surface area contributed by atoms with Crippen molar-refractivity contribution in [3.8, 4) is 0 Å². The molecule has 1 aliphatic heterocycles. The van der Waals surface area contributed by atoms with Gasteiger partial charge in [0.1, 0.15) is 0 Å².